The Morgan fingerprint density at radius 3 is 2.17 bits per heavy atom. The average molecular weight is 253 g/mol. The first-order chi connectivity index (χ1) is 8.71. The Balaban J connectivity index is 2.03. The number of aliphatic hydroxyl groups is 1. The van der Waals surface area contributed by atoms with Gasteiger partial charge in [0.1, 0.15) is 0 Å². The first-order valence-corrected chi connectivity index (χ1v) is 6.13. The van der Waals surface area contributed by atoms with Gasteiger partial charge < -0.3 is 19.9 Å². The van der Waals surface area contributed by atoms with Crippen LogP contribution in [0.3, 0.4) is 0 Å². The number of aliphatic hydroxyl groups excluding tert-OH is 1. The van der Waals surface area contributed by atoms with Crippen LogP contribution in [0.4, 0.5) is 5.95 Å². The molecule has 1 aromatic rings. The smallest absolute Gasteiger partial charge is 0.229 e. The zero-order valence-electron chi connectivity index (χ0n) is 10.7. The highest BCUT2D eigenvalue weighted by Crippen LogP contribution is 2.23. The highest BCUT2D eigenvalue weighted by molar-refractivity contribution is 5.34. The summed E-state index contributed by atoms with van der Waals surface area (Å²) in [6.45, 7) is 0. The van der Waals surface area contributed by atoms with Gasteiger partial charge in [-0.3, -0.25) is 0 Å². The van der Waals surface area contributed by atoms with E-state index in [1.807, 2.05) is 0 Å². The minimum Gasteiger partial charge on any atom is -0.481 e. The number of rotatable bonds is 4. The van der Waals surface area contributed by atoms with E-state index < -0.39 is 0 Å². The van der Waals surface area contributed by atoms with Gasteiger partial charge in [0.15, 0.2) is 0 Å². The second-order valence-corrected chi connectivity index (χ2v) is 4.43. The van der Waals surface area contributed by atoms with E-state index in [1.165, 1.54) is 0 Å². The number of nitrogens with zero attached hydrogens (tertiary/aromatic N) is 2. The maximum atomic E-state index is 9.46. The molecule has 2 rings (SSSR count). The van der Waals surface area contributed by atoms with Gasteiger partial charge >= 0.3 is 0 Å². The van der Waals surface area contributed by atoms with Crippen molar-refractivity contribution in [2.75, 3.05) is 19.5 Å². The molecule has 6 heteroatoms. The Morgan fingerprint density at radius 1 is 1.11 bits per heavy atom. The Hall–Kier alpha value is -1.56. The summed E-state index contributed by atoms with van der Waals surface area (Å²) in [7, 11) is 3.12. The number of hydrogen-bond acceptors (Lipinski definition) is 6. The molecule has 0 bridgehead atoms. The van der Waals surface area contributed by atoms with Crippen LogP contribution in [0.5, 0.6) is 11.8 Å². The number of methoxy groups -OCH3 is 2. The summed E-state index contributed by atoms with van der Waals surface area (Å²) in [4.78, 5) is 8.45. The normalized spacial score (nSPS) is 23.5. The van der Waals surface area contributed by atoms with E-state index in [2.05, 4.69) is 15.3 Å². The lowest BCUT2D eigenvalue weighted by atomic mass is 9.93. The molecule has 0 unspecified atom stereocenters. The van der Waals surface area contributed by atoms with Gasteiger partial charge in [-0.05, 0) is 25.7 Å². The summed E-state index contributed by atoms with van der Waals surface area (Å²) in [6.07, 6.45) is 3.31. The van der Waals surface area contributed by atoms with Crippen LogP contribution in [0.1, 0.15) is 25.7 Å². The van der Waals surface area contributed by atoms with E-state index in [4.69, 9.17) is 9.47 Å². The summed E-state index contributed by atoms with van der Waals surface area (Å²) in [5.41, 5.74) is 0. The predicted molar refractivity (Wildman–Crippen MR) is 67.0 cm³/mol. The van der Waals surface area contributed by atoms with Gasteiger partial charge in [-0.2, -0.15) is 9.97 Å². The summed E-state index contributed by atoms with van der Waals surface area (Å²) < 4.78 is 10.2. The summed E-state index contributed by atoms with van der Waals surface area (Å²) in [6, 6.07) is 1.93. The molecule has 1 aliphatic rings. The van der Waals surface area contributed by atoms with Gasteiger partial charge in [0.05, 0.1) is 26.4 Å². The van der Waals surface area contributed by atoms with Crippen molar-refractivity contribution >= 4 is 5.95 Å². The first kappa shape index (κ1) is 12.9. The van der Waals surface area contributed by atoms with Crippen LogP contribution >= 0.6 is 0 Å². The van der Waals surface area contributed by atoms with Crippen molar-refractivity contribution in [2.45, 2.75) is 37.8 Å². The van der Waals surface area contributed by atoms with Gasteiger partial charge in [0, 0.05) is 6.04 Å². The molecule has 0 aliphatic heterocycles. The molecule has 1 aromatic heterocycles. The molecule has 1 heterocycles. The maximum Gasteiger partial charge on any atom is 0.229 e. The third-order valence-corrected chi connectivity index (χ3v) is 3.13. The van der Waals surface area contributed by atoms with E-state index >= 15 is 0 Å². The fourth-order valence-corrected chi connectivity index (χ4v) is 2.08. The summed E-state index contributed by atoms with van der Waals surface area (Å²) in [5.74, 6) is 1.45. The van der Waals surface area contributed by atoms with E-state index in [1.54, 1.807) is 20.3 Å². The number of aromatic nitrogens is 2. The van der Waals surface area contributed by atoms with Crippen molar-refractivity contribution < 1.29 is 14.6 Å². The van der Waals surface area contributed by atoms with Crippen molar-refractivity contribution in [3.05, 3.63) is 6.07 Å². The van der Waals surface area contributed by atoms with Gasteiger partial charge in [0.25, 0.3) is 0 Å². The molecular formula is C12H19N3O3. The molecule has 1 fully saturated rings. The van der Waals surface area contributed by atoms with E-state index in [0.29, 0.717) is 23.8 Å². The van der Waals surface area contributed by atoms with Crippen molar-refractivity contribution in [3.63, 3.8) is 0 Å². The van der Waals surface area contributed by atoms with Crippen molar-refractivity contribution in [1.29, 1.82) is 0 Å². The Bertz CT molecular complexity index is 370. The predicted octanol–water partition coefficient (Wildman–Crippen LogP) is 1.21. The number of nitrogens with one attached hydrogen (secondary N) is 1. The van der Waals surface area contributed by atoms with Crippen molar-refractivity contribution in [1.82, 2.24) is 9.97 Å². The minimum absolute atomic E-state index is 0.163. The van der Waals surface area contributed by atoms with Crippen LogP contribution in [-0.2, 0) is 0 Å². The first-order valence-electron chi connectivity index (χ1n) is 6.13. The second-order valence-electron chi connectivity index (χ2n) is 4.43. The van der Waals surface area contributed by atoms with E-state index in [9.17, 15) is 5.11 Å². The lowest BCUT2D eigenvalue weighted by molar-refractivity contribution is 0.126. The SMILES string of the molecule is COc1cc(OC)nc(NC2CCC(O)CC2)n1. The van der Waals surface area contributed by atoms with Crippen LogP contribution in [-0.4, -0.2) is 41.4 Å². The molecule has 0 radical (unpaired) electrons. The molecule has 18 heavy (non-hydrogen) atoms. The van der Waals surface area contributed by atoms with Gasteiger partial charge in [-0.15, -0.1) is 0 Å². The molecule has 1 saturated carbocycles. The van der Waals surface area contributed by atoms with E-state index in [-0.39, 0.29) is 6.10 Å². The van der Waals surface area contributed by atoms with Gasteiger partial charge in [-0.25, -0.2) is 0 Å². The number of anilines is 1. The standard InChI is InChI=1S/C12H19N3O3/c1-17-10-7-11(18-2)15-12(14-10)13-8-3-5-9(16)6-4-8/h7-9,16H,3-6H2,1-2H3,(H,13,14,15). The Morgan fingerprint density at radius 2 is 1.67 bits per heavy atom. The average Bonchev–Trinajstić information content (AvgIpc) is 2.41. The number of hydrogen-bond donors (Lipinski definition) is 2. The molecule has 6 nitrogen and oxygen atoms in total. The fourth-order valence-electron chi connectivity index (χ4n) is 2.08. The zero-order chi connectivity index (χ0) is 13.0. The molecule has 0 spiro atoms. The topological polar surface area (TPSA) is 76.5 Å². The molecular weight excluding hydrogens is 234 g/mol. The Labute approximate surface area is 106 Å². The van der Waals surface area contributed by atoms with Gasteiger partial charge in [-0.1, -0.05) is 0 Å². The molecule has 1 aliphatic carbocycles. The summed E-state index contributed by atoms with van der Waals surface area (Å²) in [5, 5.41) is 12.7. The van der Waals surface area contributed by atoms with E-state index in [0.717, 1.165) is 25.7 Å². The molecule has 2 N–H and O–H groups in total. The van der Waals surface area contributed by atoms with Crippen LogP contribution < -0.4 is 14.8 Å². The molecule has 0 aromatic carbocycles. The molecule has 100 valence electrons. The zero-order valence-corrected chi connectivity index (χ0v) is 10.7. The minimum atomic E-state index is -0.163. The van der Waals surface area contributed by atoms with Crippen LogP contribution in [0, 0.1) is 0 Å². The van der Waals surface area contributed by atoms with Crippen LogP contribution in [0.25, 0.3) is 0 Å². The molecule has 0 amide bonds. The molecule has 0 atom stereocenters. The Kier molecular flexibility index (Phi) is 4.19. The highest BCUT2D eigenvalue weighted by atomic mass is 16.5. The van der Waals surface area contributed by atoms with Crippen molar-refractivity contribution in [2.24, 2.45) is 0 Å². The van der Waals surface area contributed by atoms with Crippen LogP contribution in [0.15, 0.2) is 6.07 Å². The van der Waals surface area contributed by atoms with Gasteiger partial charge in [0.2, 0.25) is 17.7 Å². The number of ether oxygens (including phenoxy) is 2. The summed E-state index contributed by atoms with van der Waals surface area (Å²) >= 11 is 0. The quantitative estimate of drug-likeness (QED) is 0.840. The fraction of sp³-hybridized carbons (Fsp3) is 0.667. The maximum absolute atomic E-state index is 9.46. The van der Waals surface area contributed by atoms with Crippen molar-refractivity contribution in [3.8, 4) is 11.8 Å². The lowest BCUT2D eigenvalue weighted by Gasteiger charge is -2.26. The third kappa shape index (κ3) is 3.22. The largest absolute Gasteiger partial charge is 0.481 e. The van der Waals surface area contributed by atoms with Crippen LogP contribution in [0.2, 0.25) is 0 Å². The second kappa shape index (κ2) is 5.86. The molecule has 0 saturated heterocycles. The monoisotopic (exact) mass is 253 g/mol. The third-order valence-electron chi connectivity index (χ3n) is 3.13. The highest BCUT2D eigenvalue weighted by Gasteiger charge is 2.20. The lowest BCUT2D eigenvalue weighted by Crippen LogP contribution is -2.29.